The molecule has 0 aliphatic heterocycles. The maximum atomic E-state index is 13.3. The number of carboxylic acids is 1. The van der Waals surface area contributed by atoms with E-state index in [0.717, 1.165) is 0 Å². The maximum Gasteiger partial charge on any atom is 1.00 e. The van der Waals surface area contributed by atoms with Gasteiger partial charge in [-0.2, -0.15) is 0 Å². The van der Waals surface area contributed by atoms with E-state index in [0.29, 0.717) is 5.52 Å². The number of fused-ring (bicyclic) bond motifs is 4. The SMILES string of the molecule is O=C([O-])c1cccc(NC(=O)c2c3c(n4ccccc24)C(=O)c2cccnc2C3=O)c1.[K+]. The first kappa shape index (κ1) is 22.2. The van der Waals surface area contributed by atoms with Crippen LogP contribution in [-0.4, -0.2) is 32.8 Å². The van der Waals surface area contributed by atoms with E-state index in [1.54, 1.807) is 30.5 Å². The molecule has 5 rings (SSSR count). The molecule has 0 radical (unpaired) electrons. The Morgan fingerprint density at radius 3 is 2.56 bits per heavy atom. The van der Waals surface area contributed by atoms with Crippen molar-refractivity contribution in [3.8, 4) is 0 Å². The zero-order valence-electron chi connectivity index (χ0n) is 16.8. The molecule has 0 unspecified atom stereocenters. The molecule has 150 valence electrons. The molecule has 9 heteroatoms. The van der Waals surface area contributed by atoms with Crippen LogP contribution in [0.3, 0.4) is 0 Å². The van der Waals surface area contributed by atoms with Crippen molar-refractivity contribution in [1.29, 1.82) is 0 Å². The van der Waals surface area contributed by atoms with Crippen LogP contribution < -0.4 is 61.8 Å². The zero-order valence-corrected chi connectivity index (χ0v) is 19.9. The van der Waals surface area contributed by atoms with Gasteiger partial charge in [0, 0.05) is 18.1 Å². The summed E-state index contributed by atoms with van der Waals surface area (Å²) in [6.07, 6.45) is 3.02. The van der Waals surface area contributed by atoms with Crippen molar-refractivity contribution in [2.75, 3.05) is 5.32 Å². The molecule has 3 aromatic heterocycles. The number of ketones is 2. The summed E-state index contributed by atoms with van der Waals surface area (Å²) in [5, 5.41) is 13.7. The minimum Gasteiger partial charge on any atom is -0.545 e. The molecule has 4 aromatic rings. The van der Waals surface area contributed by atoms with Crippen LogP contribution in [0.5, 0.6) is 0 Å². The fourth-order valence-electron chi connectivity index (χ4n) is 3.82. The minimum atomic E-state index is -1.38. The van der Waals surface area contributed by atoms with Crippen LogP contribution in [0.1, 0.15) is 52.8 Å². The molecular weight excluding hydrogens is 437 g/mol. The Morgan fingerprint density at radius 2 is 1.78 bits per heavy atom. The molecule has 0 bridgehead atoms. The number of anilines is 1. The van der Waals surface area contributed by atoms with Gasteiger partial charge in [-0.1, -0.05) is 18.2 Å². The van der Waals surface area contributed by atoms with Gasteiger partial charge in [0.2, 0.25) is 11.6 Å². The summed E-state index contributed by atoms with van der Waals surface area (Å²) in [7, 11) is 0. The molecule has 1 aliphatic carbocycles. The average molecular weight is 449 g/mol. The second-order valence-corrected chi connectivity index (χ2v) is 6.93. The van der Waals surface area contributed by atoms with E-state index in [1.807, 2.05) is 0 Å². The van der Waals surface area contributed by atoms with Crippen molar-refractivity contribution in [2.24, 2.45) is 0 Å². The summed E-state index contributed by atoms with van der Waals surface area (Å²) in [4.78, 5) is 54.8. The molecule has 1 aliphatic rings. The number of aromatic carboxylic acids is 1. The topological polar surface area (TPSA) is 121 Å². The molecule has 1 N–H and O–H groups in total. The van der Waals surface area contributed by atoms with E-state index < -0.39 is 23.4 Å². The molecule has 0 saturated heterocycles. The number of hydrogen-bond donors (Lipinski definition) is 1. The Balaban J connectivity index is 0.00000245. The van der Waals surface area contributed by atoms with Gasteiger partial charge in [-0.15, -0.1) is 0 Å². The zero-order chi connectivity index (χ0) is 21.7. The molecule has 0 atom stereocenters. The second kappa shape index (κ2) is 8.53. The first-order chi connectivity index (χ1) is 15.0. The summed E-state index contributed by atoms with van der Waals surface area (Å²) in [5.74, 6) is -2.97. The van der Waals surface area contributed by atoms with Crippen LogP contribution in [0.25, 0.3) is 5.52 Å². The Kier molecular flexibility index (Phi) is 5.93. The molecule has 32 heavy (non-hydrogen) atoms. The predicted octanol–water partition coefficient (Wildman–Crippen LogP) is -1.27. The van der Waals surface area contributed by atoms with Crippen molar-refractivity contribution in [3.05, 3.63) is 101 Å². The van der Waals surface area contributed by atoms with Crippen LogP contribution in [-0.2, 0) is 0 Å². The number of rotatable bonds is 3. The molecule has 8 nitrogen and oxygen atoms in total. The fraction of sp³-hybridized carbons (Fsp3) is 0. The van der Waals surface area contributed by atoms with Gasteiger partial charge in [-0.05, 0) is 42.0 Å². The van der Waals surface area contributed by atoms with Crippen molar-refractivity contribution in [2.45, 2.75) is 0 Å². The predicted molar refractivity (Wildman–Crippen MR) is 107 cm³/mol. The fourth-order valence-corrected chi connectivity index (χ4v) is 3.82. The van der Waals surface area contributed by atoms with Crippen molar-refractivity contribution in [1.82, 2.24) is 9.38 Å². The first-order valence-corrected chi connectivity index (χ1v) is 9.27. The maximum absolute atomic E-state index is 13.3. The molecule has 0 spiro atoms. The third-order valence-electron chi connectivity index (χ3n) is 5.14. The summed E-state index contributed by atoms with van der Waals surface area (Å²) < 4.78 is 1.51. The van der Waals surface area contributed by atoms with Gasteiger partial charge in [0.05, 0.1) is 28.2 Å². The number of carbonyl (C=O) groups is 4. The van der Waals surface area contributed by atoms with E-state index in [-0.39, 0.29) is 90.7 Å². The quantitative estimate of drug-likeness (QED) is 0.343. The van der Waals surface area contributed by atoms with Crippen LogP contribution >= 0.6 is 0 Å². The third-order valence-corrected chi connectivity index (χ3v) is 5.14. The van der Waals surface area contributed by atoms with Crippen molar-refractivity contribution < 1.29 is 75.7 Å². The molecular formula is C23H12KN3O5. The minimum absolute atomic E-state index is 0. The number of carbonyl (C=O) groups excluding carboxylic acids is 4. The third kappa shape index (κ3) is 3.44. The monoisotopic (exact) mass is 449 g/mol. The molecule has 3 heterocycles. The number of pyridine rings is 2. The van der Waals surface area contributed by atoms with E-state index >= 15 is 0 Å². The average Bonchev–Trinajstić information content (AvgIpc) is 3.13. The van der Waals surface area contributed by atoms with E-state index in [4.69, 9.17) is 0 Å². The number of nitrogens with one attached hydrogen (secondary N) is 1. The Morgan fingerprint density at radius 1 is 0.969 bits per heavy atom. The summed E-state index contributed by atoms with van der Waals surface area (Å²) >= 11 is 0. The van der Waals surface area contributed by atoms with Crippen LogP contribution in [0.2, 0.25) is 0 Å². The first-order valence-electron chi connectivity index (χ1n) is 9.27. The number of benzene rings is 1. The van der Waals surface area contributed by atoms with Crippen molar-refractivity contribution >= 4 is 34.6 Å². The van der Waals surface area contributed by atoms with Crippen molar-refractivity contribution in [3.63, 3.8) is 0 Å². The van der Waals surface area contributed by atoms with Crippen LogP contribution in [0, 0.1) is 0 Å². The molecule has 1 aromatic carbocycles. The number of aromatic nitrogens is 2. The van der Waals surface area contributed by atoms with Gasteiger partial charge in [0.25, 0.3) is 5.91 Å². The largest absolute Gasteiger partial charge is 1.00 e. The summed E-state index contributed by atoms with van der Waals surface area (Å²) in [6.45, 7) is 0. The van der Waals surface area contributed by atoms with Gasteiger partial charge in [0.1, 0.15) is 11.4 Å². The molecule has 0 fully saturated rings. The summed E-state index contributed by atoms with van der Waals surface area (Å²) in [6, 6.07) is 13.7. The van der Waals surface area contributed by atoms with Crippen LogP contribution in [0.15, 0.2) is 67.0 Å². The Bertz CT molecular complexity index is 1460. The van der Waals surface area contributed by atoms with E-state index in [9.17, 15) is 24.3 Å². The van der Waals surface area contributed by atoms with Gasteiger partial charge in [-0.25, -0.2) is 0 Å². The van der Waals surface area contributed by atoms with Gasteiger partial charge >= 0.3 is 51.4 Å². The standard InChI is InChI=1S/C23H13N3O5.K/c27-20-14-7-4-9-24-18(14)21(28)17-16(15-8-1-2-10-26(15)19(17)20)22(29)25-13-6-3-5-12(11-13)23(30)31;/h1-11H,(H,25,29)(H,30,31);/q;+1/p-1. The van der Waals surface area contributed by atoms with Gasteiger partial charge in [0.15, 0.2) is 0 Å². The number of nitrogens with zero attached hydrogens (tertiary/aromatic N) is 2. The molecule has 0 saturated carbocycles. The number of hydrogen-bond acceptors (Lipinski definition) is 6. The van der Waals surface area contributed by atoms with E-state index in [2.05, 4.69) is 10.3 Å². The Labute approximate surface area is 223 Å². The smallest absolute Gasteiger partial charge is 0.545 e. The summed E-state index contributed by atoms with van der Waals surface area (Å²) in [5.41, 5.74) is 0.723. The second-order valence-electron chi connectivity index (χ2n) is 6.93. The van der Waals surface area contributed by atoms with Crippen LogP contribution in [0.4, 0.5) is 5.69 Å². The number of carboxylic acid groups (broad SMARTS) is 1. The Hall–Kier alpha value is -2.95. The molecule has 1 amide bonds. The normalized spacial score (nSPS) is 12.0. The van der Waals surface area contributed by atoms with Gasteiger partial charge in [-0.3, -0.25) is 19.4 Å². The number of amides is 1. The van der Waals surface area contributed by atoms with E-state index in [1.165, 1.54) is 40.9 Å². The van der Waals surface area contributed by atoms with Gasteiger partial charge < -0.3 is 19.6 Å².